The number of aryl methyl sites for hydroxylation is 1. The summed E-state index contributed by atoms with van der Waals surface area (Å²) in [6, 6.07) is 6.83. The van der Waals surface area contributed by atoms with E-state index in [9.17, 15) is 0 Å². The van der Waals surface area contributed by atoms with E-state index in [2.05, 4.69) is 63.0 Å². The molecule has 0 heterocycles. The third kappa shape index (κ3) is 4.87. The van der Waals surface area contributed by atoms with Crippen LogP contribution in [0.3, 0.4) is 0 Å². The summed E-state index contributed by atoms with van der Waals surface area (Å²) < 4.78 is 0. The molecule has 108 valence electrons. The van der Waals surface area contributed by atoms with Gasteiger partial charge in [-0.2, -0.15) is 0 Å². The second-order valence-electron chi connectivity index (χ2n) is 5.46. The fraction of sp³-hybridized carbons (Fsp3) is 0.647. The van der Waals surface area contributed by atoms with Gasteiger partial charge in [0.2, 0.25) is 0 Å². The zero-order valence-corrected chi connectivity index (χ0v) is 13.3. The van der Waals surface area contributed by atoms with E-state index >= 15 is 0 Å². The molecule has 2 nitrogen and oxygen atoms in total. The van der Waals surface area contributed by atoms with Gasteiger partial charge in [0, 0.05) is 25.3 Å². The van der Waals surface area contributed by atoms with Crippen molar-refractivity contribution in [3.8, 4) is 0 Å². The molecule has 0 aromatic heterocycles. The largest absolute Gasteiger partial charge is 0.371 e. The summed E-state index contributed by atoms with van der Waals surface area (Å²) in [7, 11) is 0. The van der Waals surface area contributed by atoms with Crippen molar-refractivity contribution in [2.24, 2.45) is 5.92 Å². The number of benzene rings is 1. The van der Waals surface area contributed by atoms with Crippen LogP contribution < -0.4 is 10.2 Å². The second kappa shape index (κ2) is 8.21. The average molecular weight is 262 g/mol. The summed E-state index contributed by atoms with van der Waals surface area (Å²) in [5.74, 6) is 0.744. The average Bonchev–Trinajstić information content (AvgIpc) is 2.42. The van der Waals surface area contributed by atoms with Crippen molar-refractivity contribution in [2.75, 3.05) is 24.5 Å². The van der Waals surface area contributed by atoms with Crippen LogP contribution in [-0.4, -0.2) is 19.6 Å². The predicted octanol–water partition coefficient (Wildman–Crippen LogP) is 3.98. The minimum absolute atomic E-state index is 0.744. The van der Waals surface area contributed by atoms with Crippen LogP contribution in [0.4, 0.5) is 5.69 Å². The Bertz CT molecular complexity index is 374. The van der Waals surface area contributed by atoms with Crippen LogP contribution in [-0.2, 0) is 6.54 Å². The predicted molar refractivity (Wildman–Crippen MR) is 85.9 cm³/mol. The summed E-state index contributed by atoms with van der Waals surface area (Å²) in [4.78, 5) is 2.51. The molecule has 1 rings (SSSR count). The second-order valence-corrected chi connectivity index (χ2v) is 5.46. The third-order valence-corrected chi connectivity index (χ3v) is 3.75. The van der Waals surface area contributed by atoms with E-state index in [-0.39, 0.29) is 0 Å². The fourth-order valence-corrected chi connectivity index (χ4v) is 2.33. The maximum absolute atomic E-state index is 3.45. The molecule has 1 aromatic rings. The van der Waals surface area contributed by atoms with Gasteiger partial charge in [-0.25, -0.2) is 0 Å². The Labute approximate surface area is 119 Å². The lowest BCUT2D eigenvalue weighted by atomic mass is 10.0. The molecule has 0 aliphatic carbocycles. The third-order valence-electron chi connectivity index (χ3n) is 3.75. The number of nitrogens with one attached hydrogen (secondary N) is 1. The van der Waals surface area contributed by atoms with Crippen LogP contribution in [0.25, 0.3) is 0 Å². The molecule has 0 fully saturated rings. The molecule has 1 unspecified atom stereocenters. The van der Waals surface area contributed by atoms with E-state index < -0.39 is 0 Å². The molecule has 0 aliphatic rings. The first-order valence-electron chi connectivity index (χ1n) is 7.67. The highest BCUT2D eigenvalue weighted by atomic mass is 15.1. The number of nitrogens with zero attached hydrogens (tertiary/aromatic N) is 1. The first-order chi connectivity index (χ1) is 9.12. The lowest BCUT2D eigenvalue weighted by molar-refractivity contribution is 0.546. The quantitative estimate of drug-likeness (QED) is 0.762. The van der Waals surface area contributed by atoms with Crippen molar-refractivity contribution < 1.29 is 0 Å². The Morgan fingerprint density at radius 2 is 1.95 bits per heavy atom. The van der Waals surface area contributed by atoms with Crippen LogP contribution >= 0.6 is 0 Å². The Morgan fingerprint density at radius 1 is 1.21 bits per heavy atom. The zero-order valence-electron chi connectivity index (χ0n) is 13.3. The standard InChI is InChI=1S/C17H30N2/c1-6-14(4)13-19(8-3)17-10-9-15(5)11-16(17)12-18-7-2/h9-11,14,18H,6-8,12-13H2,1-5H3. The van der Waals surface area contributed by atoms with E-state index in [4.69, 9.17) is 0 Å². The van der Waals surface area contributed by atoms with Gasteiger partial charge in [-0.1, -0.05) is 44.9 Å². The Morgan fingerprint density at radius 3 is 2.53 bits per heavy atom. The molecule has 1 N–H and O–H groups in total. The fourth-order valence-electron chi connectivity index (χ4n) is 2.33. The lowest BCUT2D eigenvalue weighted by Gasteiger charge is -2.28. The van der Waals surface area contributed by atoms with Crippen LogP contribution in [0.5, 0.6) is 0 Å². The number of hydrogen-bond donors (Lipinski definition) is 1. The van der Waals surface area contributed by atoms with E-state index in [1.807, 2.05) is 0 Å². The molecule has 0 saturated carbocycles. The van der Waals surface area contributed by atoms with Gasteiger partial charge in [-0.05, 0) is 37.9 Å². The molecule has 1 aromatic carbocycles. The summed E-state index contributed by atoms with van der Waals surface area (Å²) in [6.07, 6.45) is 1.24. The minimum atomic E-state index is 0.744. The highest BCUT2D eigenvalue weighted by molar-refractivity contribution is 5.55. The highest BCUT2D eigenvalue weighted by Gasteiger charge is 2.12. The highest BCUT2D eigenvalue weighted by Crippen LogP contribution is 2.23. The molecular formula is C17H30N2. The van der Waals surface area contributed by atoms with Gasteiger partial charge in [-0.15, -0.1) is 0 Å². The monoisotopic (exact) mass is 262 g/mol. The van der Waals surface area contributed by atoms with Gasteiger partial charge in [-0.3, -0.25) is 0 Å². The number of anilines is 1. The smallest absolute Gasteiger partial charge is 0.0412 e. The van der Waals surface area contributed by atoms with Crippen LogP contribution in [0, 0.1) is 12.8 Å². The van der Waals surface area contributed by atoms with Crippen molar-refractivity contribution >= 4 is 5.69 Å². The van der Waals surface area contributed by atoms with E-state index in [1.165, 1.54) is 23.2 Å². The molecule has 0 spiro atoms. The normalized spacial score (nSPS) is 12.5. The number of rotatable bonds is 8. The summed E-state index contributed by atoms with van der Waals surface area (Å²) >= 11 is 0. The van der Waals surface area contributed by atoms with Crippen LogP contribution in [0.2, 0.25) is 0 Å². The van der Waals surface area contributed by atoms with Gasteiger partial charge in [0.1, 0.15) is 0 Å². The maximum atomic E-state index is 3.45. The van der Waals surface area contributed by atoms with E-state index in [0.29, 0.717) is 0 Å². The Hall–Kier alpha value is -1.02. The SMILES string of the molecule is CCNCc1cc(C)ccc1N(CC)CC(C)CC. The van der Waals surface area contributed by atoms with Gasteiger partial charge in [0.25, 0.3) is 0 Å². The molecular weight excluding hydrogens is 232 g/mol. The lowest BCUT2D eigenvalue weighted by Crippen LogP contribution is -2.29. The Kier molecular flexibility index (Phi) is 6.93. The van der Waals surface area contributed by atoms with Gasteiger partial charge in [0.05, 0.1) is 0 Å². The van der Waals surface area contributed by atoms with Crippen molar-refractivity contribution in [1.82, 2.24) is 5.32 Å². The zero-order chi connectivity index (χ0) is 14.3. The van der Waals surface area contributed by atoms with Crippen LogP contribution in [0.1, 0.15) is 45.2 Å². The number of hydrogen-bond acceptors (Lipinski definition) is 2. The summed E-state index contributed by atoms with van der Waals surface area (Å²) in [5.41, 5.74) is 4.16. The summed E-state index contributed by atoms with van der Waals surface area (Å²) in [5, 5.41) is 3.45. The molecule has 19 heavy (non-hydrogen) atoms. The molecule has 0 bridgehead atoms. The van der Waals surface area contributed by atoms with E-state index in [1.54, 1.807) is 0 Å². The molecule has 0 aliphatic heterocycles. The molecule has 0 amide bonds. The first-order valence-corrected chi connectivity index (χ1v) is 7.67. The topological polar surface area (TPSA) is 15.3 Å². The molecule has 1 atom stereocenters. The molecule has 2 heteroatoms. The first kappa shape index (κ1) is 16.0. The summed E-state index contributed by atoms with van der Waals surface area (Å²) in [6.45, 7) is 15.4. The molecule has 0 radical (unpaired) electrons. The van der Waals surface area contributed by atoms with Crippen LogP contribution in [0.15, 0.2) is 18.2 Å². The van der Waals surface area contributed by atoms with Gasteiger partial charge >= 0.3 is 0 Å². The van der Waals surface area contributed by atoms with Gasteiger partial charge in [0.15, 0.2) is 0 Å². The van der Waals surface area contributed by atoms with Crippen molar-refractivity contribution in [3.05, 3.63) is 29.3 Å². The van der Waals surface area contributed by atoms with Crippen molar-refractivity contribution in [3.63, 3.8) is 0 Å². The molecule has 0 saturated heterocycles. The van der Waals surface area contributed by atoms with Crippen molar-refractivity contribution in [2.45, 2.75) is 47.6 Å². The minimum Gasteiger partial charge on any atom is -0.371 e. The van der Waals surface area contributed by atoms with Gasteiger partial charge < -0.3 is 10.2 Å². The maximum Gasteiger partial charge on any atom is 0.0412 e. The van der Waals surface area contributed by atoms with E-state index in [0.717, 1.165) is 32.1 Å². The van der Waals surface area contributed by atoms with Crippen molar-refractivity contribution in [1.29, 1.82) is 0 Å². The Balaban J connectivity index is 2.94.